The molecule has 62 heavy (non-hydrogen) atoms. The first-order valence-electron chi connectivity index (χ1n) is 21.1. The molecule has 3 aromatic heterocycles. The monoisotopic (exact) mass is 808 g/mol. The lowest BCUT2D eigenvalue weighted by atomic mass is 9.93. The molecular weight excluding hydrogens is 773 g/mol. The number of benzene rings is 10. The molecule has 0 saturated carbocycles. The summed E-state index contributed by atoms with van der Waals surface area (Å²) in [4.78, 5) is 2.36. The maximum atomic E-state index is 6.78. The van der Waals surface area contributed by atoms with E-state index >= 15 is 0 Å². The third-order valence-electron chi connectivity index (χ3n) is 12.6. The highest BCUT2D eigenvalue weighted by Gasteiger charge is 2.25. The molecular formula is C58H36N2OS. The molecule has 3 heterocycles. The van der Waals surface area contributed by atoms with E-state index in [1.807, 2.05) is 11.3 Å². The summed E-state index contributed by atoms with van der Waals surface area (Å²) in [6, 6.07) is 79.0. The molecule has 0 spiro atoms. The van der Waals surface area contributed by atoms with Crippen LogP contribution in [0.1, 0.15) is 0 Å². The van der Waals surface area contributed by atoms with Gasteiger partial charge in [-0.3, -0.25) is 0 Å². The quantitative estimate of drug-likeness (QED) is 0.167. The van der Waals surface area contributed by atoms with Crippen molar-refractivity contribution in [1.82, 2.24) is 4.57 Å². The number of fused-ring (bicyclic) bond motifs is 10. The van der Waals surface area contributed by atoms with Gasteiger partial charge in [-0.2, -0.15) is 0 Å². The van der Waals surface area contributed by atoms with E-state index in [9.17, 15) is 0 Å². The van der Waals surface area contributed by atoms with Crippen LogP contribution in [0, 0.1) is 0 Å². The van der Waals surface area contributed by atoms with E-state index in [-0.39, 0.29) is 0 Å². The van der Waals surface area contributed by atoms with Crippen LogP contribution in [0.4, 0.5) is 17.1 Å². The molecule has 13 aromatic rings. The predicted octanol–water partition coefficient (Wildman–Crippen LogP) is 17.0. The molecule has 0 atom stereocenters. The van der Waals surface area contributed by atoms with Crippen molar-refractivity contribution in [3.05, 3.63) is 218 Å². The fraction of sp³-hybridized carbons (Fsp3) is 0. The first kappa shape index (κ1) is 34.9. The maximum absolute atomic E-state index is 6.78. The van der Waals surface area contributed by atoms with Crippen molar-refractivity contribution < 1.29 is 4.42 Å². The van der Waals surface area contributed by atoms with Gasteiger partial charge in [0.05, 0.1) is 11.0 Å². The van der Waals surface area contributed by atoms with Gasteiger partial charge in [0.2, 0.25) is 0 Å². The predicted molar refractivity (Wildman–Crippen MR) is 264 cm³/mol. The minimum atomic E-state index is 0.883. The number of anilines is 3. The third-order valence-corrected chi connectivity index (χ3v) is 13.8. The van der Waals surface area contributed by atoms with E-state index in [0.717, 1.165) is 55.7 Å². The summed E-state index contributed by atoms with van der Waals surface area (Å²) in [5, 5.41) is 9.72. The number of para-hydroxylation sites is 2. The van der Waals surface area contributed by atoms with Gasteiger partial charge >= 0.3 is 0 Å². The van der Waals surface area contributed by atoms with Crippen LogP contribution in [0.15, 0.2) is 223 Å². The standard InChI is InChI=1S/C58H36N2OS/c1-2-13-37(14-3-1)39-25-28-41(29-26-39)59(44-30-27-38-15-4-5-16-40(38)35-44)42-31-33-43(34-32-42)60-50-22-9-6-18-47(50)55-51(60)36-53-56(48-19-7-10-23-52(48)61-53)57(55)49-21-12-20-46-45-17-8-11-24-54(45)62-58(46)49/h1-36H. The number of furan rings is 1. The van der Waals surface area contributed by atoms with E-state index in [1.165, 1.54) is 64.0 Å². The number of aromatic nitrogens is 1. The van der Waals surface area contributed by atoms with E-state index in [4.69, 9.17) is 4.42 Å². The van der Waals surface area contributed by atoms with Crippen molar-refractivity contribution in [3.63, 3.8) is 0 Å². The highest BCUT2D eigenvalue weighted by Crippen LogP contribution is 2.50. The number of hydrogen-bond acceptors (Lipinski definition) is 3. The van der Waals surface area contributed by atoms with Crippen LogP contribution in [0.25, 0.3) is 103 Å². The lowest BCUT2D eigenvalue weighted by Crippen LogP contribution is -2.10. The summed E-state index contributed by atoms with van der Waals surface area (Å²) in [7, 11) is 0. The number of hydrogen-bond donors (Lipinski definition) is 0. The minimum Gasteiger partial charge on any atom is -0.456 e. The highest BCUT2D eigenvalue weighted by atomic mass is 32.1. The molecule has 3 nitrogen and oxygen atoms in total. The fourth-order valence-corrected chi connectivity index (χ4v) is 11.0. The Morgan fingerprint density at radius 3 is 1.89 bits per heavy atom. The van der Waals surface area contributed by atoms with Crippen molar-refractivity contribution in [2.75, 3.05) is 4.90 Å². The Hall–Kier alpha value is -7.92. The van der Waals surface area contributed by atoms with Crippen molar-refractivity contribution >= 4 is 103 Å². The first-order chi connectivity index (χ1) is 30.7. The van der Waals surface area contributed by atoms with Crippen LogP contribution in [0.5, 0.6) is 0 Å². The van der Waals surface area contributed by atoms with E-state index in [0.29, 0.717) is 0 Å². The van der Waals surface area contributed by atoms with Gasteiger partial charge in [-0.25, -0.2) is 0 Å². The van der Waals surface area contributed by atoms with Crippen molar-refractivity contribution in [3.8, 4) is 27.9 Å². The average Bonchev–Trinajstić information content (AvgIpc) is 4.01. The summed E-state index contributed by atoms with van der Waals surface area (Å²) in [6.45, 7) is 0. The molecule has 0 N–H and O–H groups in total. The third kappa shape index (κ3) is 5.37. The molecule has 0 fully saturated rings. The van der Waals surface area contributed by atoms with Gasteiger partial charge in [-0.1, -0.05) is 146 Å². The lowest BCUT2D eigenvalue weighted by Gasteiger charge is -2.26. The van der Waals surface area contributed by atoms with Gasteiger partial charge in [0, 0.05) is 81.7 Å². The lowest BCUT2D eigenvalue weighted by molar-refractivity contribution is 0.669. The molecule has 0 bridgehead atoms. The molecule has 0 saturated heterocycles. The maximum Gasteiger partial charge on any atom is 0.138 e. The Morgan fingerprint density at radius 2 is 1.05 bits per heavy atom. The average molecular weight is 809 g/mol. The Kier molecular flexibility index (Phi) is 7.78. The van der Waals surface area contributed by atoms with Gasteiger partial charge in [0.1, 0.15) is 11.2 Å². The first-order valence-corrected chi connectivity index (χ1v) is 21.9. The topological polar surface area (TPSA) is 21.3 Å². The van der Waals surface area contributed by atoms with Gasteiger partial charge in [0.15, 0.2) is 0 Å². The van der Waals surface area contributed by atoms with Crippen molar-refractivity contribution in [2.45, 2.75) is 0 Å². The normalized spacial score (nSPS) is 11.9. The number of rotatable bonds is 6. The minimum absolute atomic E-state index is 0.883. The molecule has 0 aliphatic carbocycles. The molecule has 10 aromatic carbocycles. The van der Waals surface area contributed by atoms with Gasteiger partial charge < -0.3 is 13.9 Å². The highest BCUT2D eigenvalue weighted by molar-refractivity contribution is 7.26. The number of thiophene rings is 1. The van der Waals surface area contributed by atoms with Crippen molar-refractivity contribution in [2.24, 2.45) is 0 Å². The van der Waals surface area contributed by atoms with Gasteiger partial charge in [-0.05, 0) is 88.6 Å². The smallest absolute Gasteiger partial charge is 0.138 e. The summed E-state index contributed by atoms with van der Waals surface area (Å²) in [5.74, 6) is 0. The Balaban J connectivity index is 1.03. The Bertz CT molecular complexity index is 3860. The molecule has 0 aliphatic heterocycles. The zero-order chi connectivity index (χ0) is 40.7. The summed E-state index contributed by atoms with van der Waals surface area (Å²) >= 11 is 1.88. The second-order valence-electron chi connectivity index (χ2n) is 16.0. The molecule has 290 valence electrons. The molecule has 0 radical (unpaired) electrons. The Labute approximate surface area is 361 Å². The SMILES string of the molecule is c1ccc(-c2ccc(N(c3ccc(-n4c5ccccc5c5c(-c6cccc7c6sc6ccccc67)c6c(cc54)oc4ccccc46)cc3)c3ccc4ccccc4c3)cc2)cc1. The van der Waals surface area contributed by atoms with Crippen LogP contribution in [-0.4, -0.2) is 4.57 Å². The van der Waals surface area contributed by atoms with Crippen LogP contribution < -0.4 is 4.90 Å². The molecule has 0 aliphatic rings. The zero-order valence-corrected chi connectivity index (χ0v) is 34.3. The fourth-order valence-electron chi connectivity index (χ4n) is 9.77. The van der Waals surface area contributed by atoms with Crippen LogP contribution in [0.2, 0.25) is 0 Å². The second kappa shape index (κ2) is 13.8. The van der Waals surface area contributed by atoms with Crippen molar-refractivity contribution in [1.29, 1.82) is 0 Å². The van der Waals surface area contributed by atoms with Gasteiger partial charge in [-0.15, -0.1) is 11.3 Å². The summed E-state index contributed by atoms with van der Waals surface area (Å²) < 4.78 is 11.8. The zero-order valence-electron chi connectivity index (χ0n) is 33.5. The summed E-state index contributed by atoms with van der Waals surface area (Å²) in [6.07, 6.45) is 0. The van der Waals surface area contributed by atoms with Gasteiger partial charge in [0.25, 0.3) is 0 Å². The summed E-state index contributed by atoms with van der Waals surface area (Å²) in [5.41, 5.74) is 13.2. The van der Waals surface area contributed by atoms with Crippen LogP contribution >= 0.6 is 11.3 Å². The molecule has 4 heteroatoms. The van der Waals surface area contributed by atoms with E-state index < -0.39 is 0 Å². The molecule has 13 rings (SSSR count). The molecule has 0 unspecified atom stereocenters. The second-order valence-corrected chi connectivity index (χ2v) is 17.1. The largest absolute Gasteiger partial charge is 0.456 e. The van der Waals surface area contributed by atoms with Crippen LogP contribution in [-0.2, 0) is 0 Å². The van der Waals surface area contributed by atoms with E-state index in [1.54, 1.807) is 0 Å². The molecule has 0 amide bonds. The van der Waals surface area contributed by atoms with Crippen LogP contribution in [0.3, 0.4) is 0 Å². The van der Waals surface area contributed by atoms with E-state index in [2.05, 4.69) is 228 Å². The number of nitrogens with zero attached hydrogens (tertiary/aromatic N) is 2. The Morgan fingerprint density at radius 1 is 0.403 bits per heavy atom.